The highest BCUT2D eigenvalue weighted by Crippen LogP contribution is 2.18. The third kappa shape index (κ3) is 6.68. The molecule has 1 aromatic carbocycles. The molecule has 4 nitrogen and oxygen atoms in total. The number of hydrogen-bond donors (Lipinski definition) is 0. The minimum Gasteiger partial charge on any atom is -0.382 e. The zero-order valence-electron chi connectivity index (χ0n) is 12.1. The van der Waals surface area contributed by atoms with Crippen LogP contribution >= 0.6 is 0 Å². The summed E-state index contributed by atoms with van der Waals surface area (Å²) in [7, 11) is 3.34. The lowest BCUT2D eigenvalue weighted by molar-refractivity contribution is -0.0351. The normalized spacial score (nSPS) is 12.6. The Balaban J connectivity index is 2.34. The second kappa shape index (κ2) is 9.92. The van der Waals surface area contributed by atoms with Gasteiger partial charge in [0, 0.05) is 14.2 Å². The van der Waals surface area contributed by atoms with Crippen molar-refractivity contribution >= 4 is 0 Å². The van der Waals surface area contributed by atoms with Gasteiger partial charge in [-0.2, -0.15) is 0 Å². The number of ether oxygens (including phenoxy) is 4. The molecule has 0 aliphatic rings. The Hall–Kier alpha value is -0.940. The Labute approximate surface area is 115 Å². The molecule has 108 valence electrons. The van der Waals surface area contributed by atoms with E-state index in [0.29, 0.717) is 33.0 Å². The quantitative estimate of drug-likeness (QED) is 0.610. The van der Waals surface area contributed by atoms with Gasteiger partial charge in [0.25, 0.3) is 0 Å². The molecule has 4 heteroatoms. The molecule has 0 saturated heterocycles. The Kier molecular flexibility index (Phi) is 8.41. The standard InChI is InChI=1S/C15H24O4/c1-13-4-6-14(7-5-13)15(12-17-3)19-11-10-18-9-8-16-2/h4-7,15H,8-12H2,1-3H3. The highest BCUT2D eigenvalue weighted by Gasteiger charge is 2.11. The fourth-order valence-electron chi connectivity index (χ4n) is 1.67. The van der Waals surface area contributed by atoms with E-state index in [0.717, 1.165) is 5.56 Å². The summed E-state index contributed by atoms with van der Waals surface area (Å²) in [6.45, 7) is 4.93. The number of hydrogen-bond acceptors (Lipinski definition) is 4. The van der Waals surface area contributed by atoms with Gasteiger partial charge in [-0.25, -0.2) is 0 Å². The van der Waals surface area contributed by atoms with Crippen LogP contribution in [0.3, 0.4) is 0 Å². The van der Waals surface area contributed by atoms with Crippen molar-refractivity contribution in [2.45, 2.75) is 13.0 Å². The smallest absolute Gasteiger partial charge is 0.106 e. The zero-order valence-corrected chi connectivity index (χ0v) is 12.1. The summed E-state index contributed by atoms with van der Waals surface area (Å²) in [4.78, 5) is 0. The van der Waals surface area contributed by atoms with Gasteiger partial charge in [0.1, 0.15) is 6.10 Å². The van der Waals surface area contributed by atoms with Crippen molar-refractivity contribution in [3.8, 4) is 0 Å². The lowest BCUT2D eigenvalue weighted by Gasteiger charge is -2.17. The second-order valence-electron chi connectivity index (χ2n) is 4.33. The van der Waals surface area contributed by atoms with Gasteiger partial charge in [0.2, 0.25) is 0 Å². The molecule has 0 amide bonds. The maximum Gasteiger partial charge on any atom is 0.106 e. The van der Waals surface area contributed by atoms with Crippen LogP contribution in [-0.2, 0) is 18.9 Å². The predicted molar refractivity (Wildman–Crippen MR) is 74.4 cm³/mol. The Morgan fingerprint density at radius 2 is 1.58 bits per heavy atom. The summed E-state index contributed by atoms with van der Waals surface area (Å²) < 4.78 is 21.3. The van der Waals surface area contributed by atoms with Gasteiger partial charge in [0.15, 0.2) is 0 Å². The molecule has 0 aliphatic heterocycles. The third-order valence-corrected chi connectivity index (χ3v) is 2.75. The predicted octanol–water partition coefficient (Wildman–Crippen LogP) is 2.36. The highest BCUT2D eigenvalue weighted by atomic mass is 16.6. The first-order chi connectivity index (χ1) is 9.27. The monoisotopic (exact) mass is 268 g/mol. The topological polar surface area (TPSA) is 36.9 Å². The van der Waals surface area contributed by atoms with E-state index in [2.05, 4.69) is 31.2 Å². The van der Waals surface area contributed by atoms with E-state index in [9.17, 15) is 0 Å². The molecule has 0 radical (unpaired) electrons. The maximum atomic E-state index is 5.80. The lowest BCUT2D eigenvalue weighted by atomic mass is 10.1. The molecule has 0 bridgehead atoms. The summed E-state index contributed by atoms with van der Waals surface area (Å²) in [5, 5.41) is 0. The minimum atomic E-state index is -0.0448. The van der Waals surface area contributed by atoms with E-state index in [4.69, 9.17) is 18.9 Å². The molecule has 0 N–H and O–H groups in total. The number of methoxy groups -OCH3 is 2. The zero-order chi connectivity index (χ0) is 13.9. The van der Waals surface area contributed by atoms with Gasteiger partial charge < -0.3 is 18.9 Å². The minimum absolute atomic E-state index is 0.0448. The van der Waals surface area contributed by atoms with Crippen LogP contribution in [0.4, 0.5) is 0 Å². The van der Waals surface area contributed by atoms with Crippen LogP contribution in [0.2, 0.25) is 0 Å². The van der Waals surface area contributed by atoms with Crippen LogP contribution in [0, 0.1) is 6.92 Å². The first-order valence-corrected chi connectivity index (χ1v) is 6.51. The molecule has 1 unspecified atom stereocenters. The molecule has 1 atom stereocenters. The number of benzene rings is 1. The largest absolute Gasteiger partial charge is 0.382 e. The van der Waals surface area contributed by atoms with E-state index in [1.807, 2.05) is 0 Å². The first-order valence-electron chi connectivity index (χ1n) is 6.51. The van der Waals surface area contributed by atoms with Crippen LogP contribution in [0.5, 0.6) is 0 Å². The molecular weight excluding hydrogens is 244 g/mol. The molecule has 1 aromatic rings. The molecule has 0 heterocycles. The van der Waals surface area contributed by atoms with Gasteiger partial charge >= 0.3 is 0 Å². The SMILES string of the molecule is COCCOCCOC(COC)c1ccc(C)cc1. The fraction of sp³-hybridized carbons (Fsp3) is 0.600. The summed E-state index contributed by atoms with van der Waals surface area (Å²) >= 11 is 0. The van der Waals surface area contributed by atoms with Crippen molar-refractivity contribution in [2.75, 3.05) is 47.3 Å². The molecule has 0 aromatic heterocycles. The maximum absolute atomic E-state index is 5.80. The Morgan fingerprint density at radius 3 is 2.21 bits per heavy atom. The van der Waals surface area contributed by atoms with Crippen molar-refractivity contribution in [1.82, 2.24) is 0 Å². The van der Waals surface area contributed by atoms with Crippen LogP contribution in [-0.4, -0.2) is 47.3 Å². The number of rotatable bonds is 10. The van der Waals surface area contributed by atoms with Crippen LogP contribution < -0.4 is 0 Å². The van der Waals surface area contributed by atoms with Crippen molar-refractivity contribution in [3.63, 3.8) is 0 Å². The van der Waals surface area contributed by atoms with Gasteiger partial charge in [-0.1, -0.05) is 29.8 Å². The summed E-state index contributed by atoms with van der Waals surface area (Å²) in [5.74, 6) is 0. The van der Waals surface area contributed by atoms with Gasteiger partial charge in [-0.15, -0.1) is 0 Å². The molecule has 0 saturated carbocycles. The van der Waals surface area contributed by atoms with E-state index in [1.54, 1.807) is 14.2 Å². The summed E-state index contributed by atoms with van der Waals surface area (Å²) in [6, 6.07) is 8.31. The molecule has 0 aliphatic carbocycles. The molecule has 1 rings (SSSR count). The van der Waals surface area contributed by atoms with E-state index >= 15 is 0 Å². The summed E-state index contributed by atoms with van der Waals surface area (Å²) in [5.41, 5.74) is 2.37. The third-order valence-electron chi connectivity index (χ3n) is 2.75. The lowest BCUT2D eigenvalue weighted by Crippen LogP contribution is -2.15. The van der Waals surface area contributed by atoms with E-state index < -0.39 is 0 Å². The fourth-order valence-corrected chi connectivity index (χ4v) is 1.67. The molecule has 0 spiro atoms. The molecular formula is C15H24O4. The molecule has 19 heavy (non-hydrogen) atoms. The van der Waals surface area contributed by atoms with E-state index in [-0.39, 0.29) is 6.10 Å². The van der Waals surface area contributed by atoms with Crippen LogP contribution in [0.1, 0.15) is 17.2 Å². The van der Waals surface area contributed by atoms with Crippen molar-refractivity contribution in [1.29, 1.82) is 0 Å². The Bertz CT molecular complexity index is 323. The van der Waals surface area contributed by atoms with Crippen LogP contribution in [0.25, 0.3) is 0 Å². The van der Waals surface area contributed by atoms with Gasteiger partial charge in [0.05, 0.1) is 33.0 Å². The van der Waals surface area contributed by atoms with Crippen molar-refractivity contribution in [3.05, 3.63) is 35.4 Å². The second-order valence-corrected chi connectivity index (χ2v) is 4.33. The summed E-state index contributed by atoms with van der Waals surface area (Å²) in [6.07, 6.45) is -0.0448. The number of aryl methyl sites for hydroxylation is 1. The van der Waals surface area contributed by atoms with Gasteiger partial charge in [-0.05, 0) is 12.5 Å². The van der Waals surface area contributed by atoms with Crippen molar-refractivity contribution < 1.29 is 18.9 Å². The van der Waals surface area contributed by atoms with Gasteiger partial charge in [-0.3, -0.25) is 0 Å². The average molecular weight is 268 g/mol. The highest BCUT2D eigenvalue weighted by molar-refractivity contribution is 5.23. The van der Waals surface area contributed by atoms with Crippen LogP contribution in [0.15, 0.2) is 24.3 Å². The van der Waals surface area contributed by atoms with E-state index in [1.165, 1.54) is 5.56 Å². The Morgan fingerprint density at radius 1 is 0.895 bits per heavy atom. The van der Waals surface area contributed by atoms with Crippen molar-refractivity contribution in [2.24, 2.45) is 0 Å². The first kappa shape index (κ1) is 16.1. The molecule has 0 fully saturated rings. The average Bonchev–Trinajstić information content (AvgIpc) is 2.42.